The largest absolute Gasteiger partial charge is 0.102 e. The summed E-state index contributed by atoms with van der Waals surface area (Å²) in [5, 5.41) is 15.3. The molecule has 1 N–H and O–H groups in total. The number of hydrogen-bond donors (Lipinski definition) is 1. The monoisotopic (exact) mass is 761 g/mol. The van der Waals surface area contributed by atoms with E-state index in [1.165, 1.54) is 31.8 Å². The van der Waals surface area contributed by atoms with Gasteiger partial charge in [-0.25, -0.2) is 0 Å². The Morgan fingerprint density at radius 3 is 0.956 bits per heavy atom. The Labute approximate surface area is 286 Å². The molecule has 0 unspecified atom stereocenters. The van der Waals surface area contributed by atoms with Gasteiger partial charge >= 0.3 is 34.5 Å². The van der Waals surface area contributed by atoms with E-state index in [0.717, 1.165) is 12.9 Å². The van der Waals surface area contributed by atoms with Gasteiger partial charge in [0.05, 0.1) is 15.0 Å². The molecule has 0 amide bonds. The molecule has 0 radical (unpaired) electrons. The van der Waals surface area contributed by atoms with Crippen molar-refractivity contribution in [1.82, 2.24) is 0 Å². The van der Waals surface area contributed by atoms with E-state index in [-0.39, 0.29) is 15.1 Å². The number of para-hydroxylation sites is 1. The van der Waals surface area contributed by atoms with Crippen molar-refractivity contribution in [3.63, 3.8) is 0 Å². The molecule has 0 spiro atoms. The van der Waals surface area contributed by atoms with Crippen LogP contribution < -0.4 is 36.6 Å². The van der Waals surface area contributed by atoms with Gasteiger partial charge < -0.3 is 9.84 Å². The molecule has 0 saturated heterocycles. The van der Waals surface area contributed by atoms with Crippen molar-refractivity contribution in [3.05, 3.63) is 176 Å². The van der Waals surface area contributed by atoms with Crippen LogP contribution in [0.2, 0.25) is 0 Å². The maximum atomic E-state index is 7.00. The quantitative estimate of drug-likeness (QED) is 0.136. The molecule has 6 aromatic carbocycles. The molecule has 6 rings (SSSR count). The molecule has 0 aliphatic carbocycles. The average molecular weight is 762 g/mol. The van der Waals surface area contributed by atoms with E-state index in [1.807, 2.05) is 12.1 Å². The molecule has 7 heteroatoms. The van der Waals surface area contributed by atoms with Crippen LogP contribution in [0, 0.1) is 0 Å². The molecular formula is C38H38Cl2O2P2Rh+2. The van der Waals surface area contributed by atoms with Gasteiger partial charge in [0.25, 0.3) is 0 Å². The van der Waals surface area contributed by atoms with Gasteiger partial charge in [0.1, 0.15) is 39.7 Å². The van der Waals surface area contributed by atoms with Gasteiger partial charge in [-0.1, -0.05) is 103 Å². The summed E-state index contributed by atoms with van der Waals surface area (Å²) in [6.07, 6.45) is 0. The fourth-order valence-electron chi connectivity index (χ4n) is 4.85. The average Bonchev–Trinajstić information content (AvgIpc) is 3.13. The van der Waals surface area contributed by atoms with Crippen LogP contribution in [0.15, 0.2) is 176 Å². The number of aliphatic hydroxyl groups is 1. The minimum absolute atomic E-state index is 0.226. The summed E-state index contributed by atoms with van der Waals surface area (Å²) in [7, 11) is 10.5. The van der Waals surface area contributed by atoms with Crippen LogP contribution >= 0.6 is 35.2 Å². The summed E-state index contributed by atoms with van der Waals surface area (Å²) in [6.45, 7) is 0. The van der Waals surface area contributed by atoms with Gasteiger partial charge in [0.2, 0.25) is 0 Å². The van der Waals surface area contributed by atoms with Gasteiger partial charge in [0.15, 0.2) is 5.75 Å². The maximum Gasteiger partial charge on any atom is 0.102 e. The SMILES string of the molecule is CO.COc1ccccc1[PH+](c1ccccc1)c1ccccc1.[Cl][Rh][Cl].c1ccc([PH+](c2ccccc2)c2ccccc2)cc1. The third-order valence-corrected chi connectivity index (χ3v) is 12.2. The van der Waals surface area contributed by atoms with Crippen molar-refractivity contribution in [2.75, 3.05) is 14.2 Å². The number of ether oxygens (including phenoxy) is 1. The first-order valence-corrected chi connectivity index (χ1v) is 21.4. The number of hydrogen-bond acceptors (Lipinski definition) is 2. The summed E-state index contributed by atoms with van der Waals surface area (Å²) in [5.41, 5.74) is 0. The van der Waals surface area contributed by atoms with Crippen molar-refractivity contribution in [2.45, 2.75) is 0 Å². The minimum atomic E-state index is -1.04. The zero-order valence-corrected chi connectivity index (χ0v) is 30.3. The standard InChI is InChI=1S/C19H17OP.C18H15P.CH4O.2ClH.Rh/c1-20-18-14-8-9-15-19(18)21(16-10-4-2-5-11-16)17-12-6-3-7-13-17;1-4-10-16(11-5-1)19(17-12-6-2-7-13-17)18-14-8-3-9-15-18;1-2;;;/h2-15H,1H3;1-15H;2H,1H3;2*1H;/q;;;;;+2. The second-order valence-corrected chi connectivity index (χ2v) is 16.7. The number of halogens is 2. The van der Waals surface area contributed by atoms with E-state index < -0.39 is 15.8 Å². The Balaban J connectivity index is 0.000000216. The summed E-state index contributed by atoms with van der Waals surface area (Å²) in [5.74, 6) is 0.971. The van der Waals surface area contributed by atoms with Crippen LogP contribution in [0.3, 0.4) is 0 Å². The van der Waals surface area contributed by atoms with E-state index in [2.05, 4.69) is 164 Å². The van der Waals surface area contributed by atoms with Crippen LogP contribution in [0.5, 0.6) is 5.75 Å². The Hall–Kier alpha value is -2.86. The number of aliphatic hydroxyl groups excluding tert-OH is 1. The van der Waals surface area contributed by atoms with Gasteiger partial charge in [-0.3, -0.25) is 0 Å². The smallest absolute Gasteiger partial charge is 0.0620 e. The summed E-state index contributed by atoms with van der Waals surface area (Å²) < 4.78 is 5.59. The second-order valence-electron chi connectivity index (χ2n) is 9.33. The molecule has 233 valence electrons. The molecule has 0 aromatic heterocycles. The topological polar surface area (TPSA) is 29.5 Å². The summed E-state index contributed by atoms with van der Waals surface area (Å²) in [4.78, 5) is 0. The zero-order chi connectivity index (χ0) is 32.1. The molecule has 45 heavy (non-hydrogen) atoms. The first kappa shape index (κ1) is 36.6. The zero-order valence-electron chi connectivity index (χ0n) is 25.2. The molecule has 0 bridgehead atoms. The van der Waals surface area contributed by atoms with E-state index >= 15 is 0 Å². The van der Waals surface area contributed by atoms with Crippen LogP contribution in [0.1, 0.15) is 0 Å². The predicted molar refractivity (Wildman–Crippen MR) is 199 cm³/mol. The van der Waals surface area contributed by atoms with Gasteiger partial charge in [0, 0.05) is 7.11 Å². The predicted octanol–water partition coefficient (Wildman–Crippen LogP) is 7.35. The van der Waals surface area contributed by atoms with E-state index in [0.29, 0.717) is 0 Å². The fraction of sp³-hybridized carbons (Fsp3) is 0.0526. The van der Waals surface area contributed by atoms with Crippen LogP contribution in [0.4, 0.5) is 0 Å². The van der Waals surface area contributed by atoms with Crippen LogP contribution in [-0.2, 0) is 15.1 Å². The van der Waals surface area contributed by atoms with Crippen molar-refractivity contribution in [3.8, 4) is 5.75 Å². The number of rotatable bonds is 7. The van der Waals surface area contributed by atoms with Gasteiger partial charge in [-0.15, -0.1) is 0 Å². The minimum Gasteiger partial charge on any atom is -0.0620 e. The molecule has 2 nitrogen and oxygen atoms in total. The number of methoxy groups -OCH3 is 1. The Morgan fingerprint density at radius 2 is 0.667 bits per heavy atom. The molecule has 0 aliphatic heterocycles. The molecule has 0 saturated carbocycles. The van der Waals surface area contributed by atoms with E-state index in [9.17, 15) is 0 Å². The Bertz CT molecular complexity index is 1470. The van der Waals surface area contributed by atoms with Crippen molar-refractivity contribution in [1.29, 1.82) is 0 Å². The first-order chi connectivity index (χ1) is 22.3. The molecule has 0 aliphatic rings. The van der Waals surface area contributed by atoms with E-state index in [4.69, 9.17) is 29.2 Å². The van der Waals surface area contributed by atoms with Crippen molar-refractivity contribution < 1.29 is 25.0 Å². The first-order valence-electron chi connectivity index (χ1n) is 14.2. The normalized spacial score (nSPS) is 10.0. The summed E-state index contributed by atoms with van der Waals surface area (Å²) in [6, 6.07) is 62.3. The van der Waals surface area contributed by atoms with Crippen molar-refractivity contribution in [2.24, 2.45) is 0 Å². The van der Waals surface area contributed by atoms with Gasteiger partial charge in [-0.05, 0) is 72.8 Å². The third-order valence-electron chi connectivity index (χ3n) is 6.69. The molecule has 0 atom stereocenters. The molecular weight excluding hydrogens is 724 g/mol. The molecule has 6 aromatic rings. The van der Waals surface area contributed by atoms with E-state index in [1.54, 1.807) is 7.11 Å². The third kappa shape index (κ3) is 11.5. The second kappa shape index (κ2) is 21.8. The molecule has 0 fully saturated rings. The fourth-order valence-corrected chi connectivity index (χ4v) is 10.1. The van der Waals surface area contributed by atoms with Crippen molar-refractivity contribution >= 4 is 67.1 Å². The Kier molecular flexibility index (Phi) is 17.7. The Morgan fingerprint density at radius 1 is 0.422 bits per heavy atom. The van der Waals surface area contributed by atoms with Crippen LogP contribution in [-0.4, -0.2) is 19.3 Å². The molecule has 0 heterocycles. The maximum absolute atomic E-state index is 7.00. The summed E-state index contributed by atoms with van der Waals surface area (Å²) >= 11 is -0.226. The number of benzene rings is 6. The van der Waals surface area contributed by atoms with Crippen LogP contribution in [0.25, 0.3) is 0 Å². The van der Waals surface area contributed by atoms with Gasteiger partial charge in [-0.2, -0.15) is 0 Å².